The molecule has 0 amide bonds. The Morgan fingerprint density at radius 2 is 1.28 bits per heavy atom. The van der Waals surface area contributed by atoms with Gasteiger partial charge in [-0.05, 0) is 47.5 Å². The molecule has 12 nitrogen and oxygen atoms in total. The fourth-order valence-corrected chi connectivity index (χ4v) is 3.13. The molecule has 192 valence electrons. The molecule has 12 heteroatoms. The molecule has 0 aliphatic carbocycles. The fourth-order valence-electron chi connectivity index (χ4n) is 3.13. The van der Waals surface area contributed by atoms with Gasteiger partial charge in [-0.25, -0.2) is 9.59 Å². The van der Waals surface area contributed by atoms with Gasteiger partial charge in [-0.3, -0.25) is 0 Å². The third kappa shape index (κ3) is 6.73. The predicted octanol–water partition coefficient (Wildman–Crippen LogP) is 0.130. The number of rotatable bonds is 7. The molecular weight excluding hydrogens is 480 g/mol. The van der Waals surface area contributed by atoms with Crippen molar-refractivity contribution in [1.29, 1.82) is 0 Å². The Morgan fingerprint density at radius 3 is 1.81 bits per heavy atom. The van der Waals surface area contributed by atoms with Crippen molar-refractivity contribution in [3.63, 3.8) is 0 Å². The van der Waals surface area contributed by atoms with Crippen LogP contribution in [0, 0.1) is 0 Å². The summed E-state index contributed by atoms with van der Waals surface area (Å²) >= 11 is 0. The van der Waals surface area contributed by atoms with E-state index in [1.165, 1.54) is 48.6 Å². The molecule has 2 aromatic carbocycles. The van der Waals surface area contributed by atoms with Gasteiger partial charge in [0.1, 0.15) is 31.0 Å². The normalized spacial score (nSPS) is 24.1. The maximum atomic E-state index is 12.1. The molecule has 36 heavy (non-hydrogen) atoms. The van der Waals surface area contributed by atoms with E-state index in [0.29, 0.717) is 11.1 Å². The van der Waals surface area contributed by atoms with E-state index in [-0.39, 0.29) is 17.2 Å². The van der Waals surface area contributed by atoms with Crippen molar-refractivity contribution in [2.75, 3.05) is 6.61 Å². The lowest BCUT2D eigenvalue weighted by molar-refractivity contribution is -0.291. The van der Waals surface area contributed by atoms with Crippen LogP contribution in [0.25, 0.3) is 12.2 Å². The molecule has 0 saturated carbocycles. The van der Waals surface area contributed by atoms with Gasteiger partial charge in [0.25, 0.3) is 0 Å². The van der Waals surface area contributed by atoms with E-state index in [1.807, 2.05) is 0 Å². The first kappa shape index (κ1) is 26.5. The van der Waals surface area contributed by atoms with Crippen LogP contribution >= 0.6 is 0 Å². The van der Waals surface area contributed by atoms with Gasteiger partial charge in [-0.1, -0.05) is 12.1 Å². The number of hydrogen-bond donors (Lipinski definition) is 7. The molecule has 0 radical (unpaired) electrons. The van der Waals surface area contributed by atoms with E-state index in [9.17, 15) is 45.3 Å². The number of phenolic OH excluding ortho intramolecular Hbond substituents is 4. The molecule has 2 aromatic rings. The number of carbonyl (C=O) groups is 2. The van der Waals surface area contributed by atoms with Crippen LogP contribution in [0.2, 0.25) is 0 Å². The molecule has 5 atom stereocenters. The molecule has 1 fully saturated rings. The topological polar surface area (TPSA) is 203 Å². The number of aliphatic hydroxyl groups excluding tert-OH is 3. The van der Waals surface area contributed by atoms with Gasteiger partial charge in [0.15, 0.2) is 23.0 Å². The van der Waals surface area contributed by atoms with E-state index in [2.05, 4.69) is 0 Å². The third-order valence-corrected chi connectivity index (χ3v) is 5.11. The second kappa shape index (κ2) is 11.6. The van der Waals surface area contributed by atoms with Crippen LogP contribution in [-0.4, -0.2) is 85.0 Å². The number of aliphatic hydroxyl groups is 3. The Labute approximate surface area is 204 Å². The summed E-state index contributed by atoms with van der Waals surface area (Å²) in [5, 5.41) is 67.9. The summed E-state index contributed by atoms with van der Waals surface area (Å²) in [4.78, 5) is 24.1. The number of aromatic hydroxyl groups is 4. The van der Waals surface area contributed by atoms with Crippen LogP contribution in [-0.2, 0) is 23.8 Å². The average molecular weight is 504 g/mol. The smallest absolute Gasteiger partial charge is 0.333 e. The molecular formula is C24H24O12. The molecule has 7 N–H and O–H groups in total. The predicted molar refractivity (Wildman–Crippen MR) is 121 cm³/mol. The summed E-state index contributed by atoms with van der Waals surface area (Å²) in [7, 11) is 0. The minimum atomic E-state index is -1.80. The quantitative estimate of drug-likeness (QED) is 0.153. The summed E-state index contributed by atoms with van der Waals surface area (Å²) < 4.78 is 15.3. The van der Waals surface area contributed by atoms with Crippen LogP contribution in [0.3, 0.4) is 0 Å². The zero-order chi connectivity index (χ0) is 26.4. The highest BCUT2D eigenvalue weighted by Gasteiger charge is 2.45. The zero-order valence-corrected chi connectivity index (χ0v) is 18.5. The van der Waals surface area contributed by atoms with Gasteiger partial charge in [0, 0.05) is 12.2 Å². The van der Waals surface area contributed by atoms with Gasteiger partial charge in [-0.2, -0.15) is 0 Å². The monoisotopic (exact) mass is 504 g/mol. The Morgan fingerprint density at radius 1 is 0.750 bits per heavy atom. The molecule has 3 rings (SSSR count). The minimum absolute atomic E-state index is 0.329. The number of benzene rings is 2. The maximum Gasteiger partial charge on any atom is 0.333 e. The molecule has 1 aliphatic heterocycles. The van der Waals surface area contributed by atoms with Crippen molar-refractivity contribution in [2.45, 2.75) is 30.7 Å². The van der Waals surface area contributed by atoms with Crippen LogP contribution in [0.15, 0.2) is 48.6 Å². The Hall–Kier alpha value is -4.10. The highest BCUT2D eigenvalue weighted by molar-refractivity contribution is 5.87. The number of carbonyl (C=O) groups excluding carboxylic acids is 2. The molecule has 1 heterocycles. The van der Waals surface area contributed by atoms with Gasteiger partial charge < -0.3 is 50.0 Å². The van der Waals surface area contributed by atoms with E-state index in [4.69, 9.17) is 14.2 Å². The first-order chi connectivity index (χ1) is 17.0. The summed E-state index contributed by atoms with van der Waals surface area (Å²) in [5.74, 6) is -3.32. The zero-order valence-electron chi connectivity index (χ0n) is 18.5. The summed E-state index contributed by atoms with van der Waals surface area (Å²) in [6.07, 6.45) is -3.81. The maximum absolute atomic E-state index is 12.1. The van der Waals surface area contributed by atoms with Crippen molar-refractivity contribution < 1.29 is 59.5 Å². The first-order valence-corrected chi connectivity index (χ1v) is 10.5. The van der Waals surface area contributed by atoms with Gasteiger partial charge in [0.2, 0.25) is 6.29 Å². The van der Waals surface area contributed by atoms with Crippen molar-refractivity contribution in [3.8, 4) is 23.0 Å². The average Bonchev–Trinajstić information content (AvgIpc) is 2.85. The molecule has 0 bridgehead atoms. The fraction of sp³-hybridized carbons (Fsp3) is 0.250. The SMILES string of the molecule is O=C(C=Cc1ccc(O)c(O)c1)OC[C@H]1O[C@@H](OC(=O)C=Cc2ccc(O)c(O)c2)[C@H](O)[C@@H](O)[C@@H]1O. The van der Waals surface area contributed by atoms with Crippen LogP contribution in [0.5, 0.6) is 23.0 Å². The molecule has 1 aliphatic rings. The Balaban J connectivity index is 1.57. The molecule has 0 unspecified atom stereocenters. The lowest BCUT2D eigenvalue weighted by atomic mass is 9.99. The summed E-state index contributed by atoms with van der Waals surface area (Å²) in [5.41, 5.74) is 0.737. The highest BCUT2D eigenvalue weighted by atomic mass is 16.7. The van der Waals surface area contributed by atoms with Gasteiger partial charge in [0.05, 0.1) is 0 Å². The second-order valence-corrected chi connectivity index (χ2v) is 7.74. The third-order valence-electron chi connectivity index (χ3n) is 5.11. The van der Waals surface area contributed by atoms with Crippen LogP contribution < -0.4 is 0 Å². The van der Waals surface area contributed by atoms with Crippen molar-refractivity contribution >= 4 is 24.1 Å². The van der Waals surface area contributed by atoms with Crippen molar-refractivity contribution in [1.82, 2.24) is 0 Å². The lowest BCUT2D eigenvalue weighted by Gasteiger charge is -2.39. The number of esters is 2. The standard InChI is InChI=1S/C24H24O12/c25-14-5-1-12(9-16(14)27)3-7-19(29)34-11-18-21(31)22(32)23(33)24(35-18)36-20(30)8-4-13-2-6-15(26)17(28)10-13/h1-10,18,21-28,31-33H,11H2/t18-,21-,22+,23-,24+/m1/s1. The summed E-state index contributed by atoms with van der Waals surface area (Å²) in [6.45, 7) is -0.564. The van der Waals surface area contributed by atoms with Gasteiger partial charge in [-0.15, -0.1) is 0 Å². The highest BCUT2D eigenvalue weighted by Crippen LogP contribution is 2.27. The van der Waals surface area contributed by atoms with E-state index >= 15 is 0 Å². The Kier molecular flexibility index (Phi) is 8.51. The first-order valence-electron chi connectivity index (χ1n) is 10.5. The van der Waals surface area contributed by atoms with E-state index < -0.39 is 55.0 Å². The largest absolute Gasteiger partial charge is 0.504 e. The van der Waals surface area contributed by atoms with Gasteiger partial charge >= 0.3 is 11.9 Å². The van der Waals surface area contributed by atoms with E-state index in [1.54, 1.807) is 0 Å². The van der Waals surface area contributed by atoms with E-state index in [0.717, 1.165) is 12.2 Å². The molecule has 0 spiro atoms. The molecule has 0 aromatic heterocycles. The summed E-state index contributed by atoms with van der Waals surface area (Å²) in [6, 6.07) is 7.68. The van der Waals surface area contributed by atoms with Crippen molar-refractivity contribution in [2.24, 2.45) is 0 Å². The van der Waals surface area contributed by atoms with Crippen molar-refractivity contribution in [3.05, 3.63) is 59.7 Å². The Bertz CT molecular complexity index is 1160. The number of phenols is 4. The van der Waals surface area contributed by atoms with Crippen LogP contribution in [0.4, 0.5) is 0 Å². The minimum Gasteiger partial charge on any atom is -0.504 e. The number of hydrogen-bond acceptors (Lipinski definition) is 12. The lowest BCUT2D eigenvalue weighted by Crippen LogP contribution is -2.59. The van der Waals surface area contributed by atoms with Crippen LogP contribution in [0.1, 0.15) is 11.1 Å². The second-order valence-electron chi connectivity index (χ2n) is 7.74. The molecule has 1 saturated heterocycles. The number of ether oxygens (including phenoxy) is 3.